The number of aromatic nitrogens is 2. The summed E-state index contributed by atoms with van der Waals surface area (Å²) in [5, 5.41) is 6.94. The number of hydrogen-bond donors (Lipinski definition) is 1. The summed E-state index contributed by atoms with van der Waals surface area (Å²) in [5.41, 5.74) is 0. The van der Waals surface area contributed by atoms with E-state index in [4.69, 9.17) is 13.4 Å². The quantitative estimate of drug-likeness (QED) is 0.724. The van der Waals surface area contributed by atoms with Crippen LogP contribution in [0.2, 0.25) is 0 Å². The Bertz CT molecular complexity index is 817. The molecule has 26 heavy (non-hydrogen) atoms. The molecule has 4 rings (SSSR count). The van der Waals surface area contributed by atoms with Crippen LogP contribution in [0.15, 0.2) is 50.1 Å². The third-order valence-corrected chi connectivity index (χ3v) is 4.54. The fourth-order valence-corrected chi connectivity index (χ4v) is 3.10. The first kappa shape index (κ1) is 16.6. The highest BCUT2D eigenvalue weighted by Gasteiger charge is 2.26. The van der Waals surface area contributed by atoms with E-state index in [1.165, 1.54) is 0 Å². The monoisotopic (exact) mass is 356 g/mol. The lowest BCUT2D eigenvalue weighted by molar-refractivity contribution is -0.126. The first-order valence-corrected chi connectivity index (χ1v) is 8.67. The van der Waals surface area contributed by atoms with Crippen molar-refractivity contribution < 1.29 is 18.2 Å². The third-order valence-electron chi connectivity index (χ3n) is 4.54. The summed E-state index contributed by atoms with van der Waals surface area (Å²) in [4.78, 5) is 18.9. The van der Waals surface area contributed by atoms with Gasteiger partial charge in [0.2, 0.25) is 5.91 Å². The van der Waals surface area contributed by atoms with Gasteiger partial charge >= 0.3 is 0 Å². The Hall–Kier alpha value is -2.87. The highest BCUT2D eigenvalue weighted by atomic mass is 16.5. The van der Waals surface area contributed by atoms with E-state index < -0.39 is 0 Å². The zero-order valence-corrected chi connectivity index (χ0v) is 14.3. The molecule has 0 atom stereocenters. The number of hydrogen-bond acceptors (Lipinski definition) is 7. The van der Waals surface area contributed by atoms with Crippen LogP contribution in [0.5, 0.6) is 0 Å². The molecular weight excluding hydrogens is 336 g/mol. The van der Waals surface area contributed by atoms with Crippen LogP contribution in [-0.4, -0.2) is 34.0 Å². The van der Waals surface area contributed by atoms with Crippen molar-refractivity contribution in [3.63, 3.8) is 0 Å². The second-order valence-corrected chi connectivity index (χ2v) is 6.34. The standard InChI is InChI=1S/C18H20N4O4/c23-17(19-11-14-3-1-9-24-14)13-5-7-22(8-6-13)12-16-20-18(26-21-16)15-4-2-10-25-15/h1-4,9-10,13H,5-8,11-12H2,(H,19,23). The van der Waals surface area contributed by atoms with Crippen molar-refractivity contribution in [1.82, 2.24) is 20.4 Å². The van der Waals surface area contributed by atoms with Gasteiger partial charge in [0.25, 0.3) is 5.89 Å². The van der Waals surface area contributed by atoms with Crippen LogP contribution in [-0.2, 0) is 17.9 Å². The molecule has 3 aromatic rings. The normalized spacial score (nSPS) is 16.0. The van der Waals surface area contributed by atoms with Crippen molar-refractivity contribution in [3.05, 3.63) is 48.4 Å². The van der Waals surface area contributed by atoms with E-state index in [0.717, 1.165) is 31.7 Å². The number of piperidine rings is 1. The summed E-state index contributed by atoms with van der Waals surface area (Å²) < 4.78 is 15.7. The van der Waals surface area contributed by atoms with Gasteiger partial charge < -0.3 is 18.7 Å². The van der Waals surface area contributed by atoms with E-state index in [2.05, 4.69) is 20.4 Å². The topological polar surface area (TPSA) is 97.5 Å². The highest BCUT2D eigenvalue weighted by molar-refractivity contribution is 5.78. The average Bonchev–Trinajstić information content (AvgIpc) is 3.41. The molecule has 0 bridgehead atoms. The van der Waals surface area contributed by atoms with Gasteiger partial charge in [-0.2, -0.15) is 4.98 Å². The molecule has 4 heterocycles. The van der Waals surface area contributed by atoms with Crippen LogP contribution >= 0.6 is 0 Å². The first-order chi connectivity index (χ1) is 12.8. The lowest BCUT2D eigenvalue weighted by Gasteiger charge is -2.30. The molecular formula is C18H20N4O4. The summed E-state index contributed by atoms with van der Waals surface area (Å²) in [6.07, 6.45) is 4.80. The Morgan fingerprint density at radius 3 is 2.73 bits per heavy atom. The molecule has 1 aliphatic rings. The molecule has 8 heteroatoms. The number of furan rings is 2. The molecule has 0 radical (unpaired) electrons. The van der Waals surface area contributed by atoms with E-state index in [9.17, 15) is 4.79 Å². The van der Waals surface area contributed by atoms with Gasteiger partial charge in [-0.15, -0.1) is 0 Å². The maximum atomic E-state index is 12.3. The molecule has 0 aromatic carbocycles. The molecule has 1 amide bonds. The van der Waals surface area contributed by atoms with Crippen molar-refractivity contribution in [2.75, 3.05) is 13.1 Å². The van der Waals surface area contributed by atoms with Gasteiger partial charge in [0.1, 0.15) is 5.76 Å². The molecule has 0 aliphatic carbocycles. The minimum atomic E-state index is 0.0326. The SMILES string of the molecule is O=C(NCc1ccco1)C1CCN(Cc2noc(-c3ccco3)n2)CC1. The summed E-state index contributed by atoms with van der Waals surface area (Å²) in [7, 11) is 0. The Balaban J connectivity index is 1.24. The van der Waals surface area contributed by atoms with Gasteiger partial charge in [-0.3, -0.25) is 9.69 Å². The minimum absolute atomic E-state index is 0.0326. The maximum Gasteiger partial charge on any atom is 0.293 e. The predicted molar refractivity (Wildman–Crippen MR) is 90.6 cm³/mol. The second-order valence-electron chi connectivity index (χ2n) is 6.34. The second kappa shape index (κ2) is 7.57. The van der Waals surface area contributed by atoms with Gasteiger partial charge in [-0.05, 0) is 50.2 Å². The number of nitrogens with one attached hydrogen (secondary N) is 1. The molecule has 1 saturated heterocycles. The van der Waals surface area contributed by atoms with Crippen molar-refractivity contribution in [1.29, 1.82) is 0 Å². The van der Waals surface area contributed by atoms with E-state index in [1.807, 2.05) is 12.1 Å². The Kier molecular flexibility index (Phi) is 4.83. The van der Waals surface area contributed by atoms with E-state index in [-0.39, 0.29) is 11.8 Å². The van der Waals surface area contributed by atoms with Crippen LogP contribution in [0.1, 0.15) is 24.4 Å². The Morgan fingerprint density at radius 1 is 1.19 bits per heavy atom. The maximum absolute atomic E-state index is 12.3. The minimum Gasteiger partial charge on any atom is -0.467 e. The number of amides is 1. The van der Waals surface area contributed by atoms with Crippen LogP contribution in [0.25, 0.3) is 11.7 Å². The predicted octanol–water partition coefficient (Wildman–Crippen LogP) is 2.45. The zero-order chi connectivity index (χ0) is 17.8. The summed E-state index contributed by atoms with van der Waals surface area (Å²) >= 11 is 0. The number of rotatable bonds is 6. The van der Waals surface area contributed by atoms with Crippen molar-refractivity contribution in [3.8, 4) is 11.7 Å². The lowest BCUT2D eigenvalue weighted by Crippen LogP contribution is -2.40. The number of nitrogens with zero attached hydrogens (tertiary/aromatic N) is 3. The van der Waals surface area contributed by atoms with Gasteiger partial charge in [-0.25, -0.2) is 0 Å². The number of carbonyl (C=O) groups is 1. The molecule has 1 aliphatic heterocycles. The molecule has 0 saturated carbocycles. The van der Waals surface area contributed by atoms with Crippen LogP contribution in [0, 0.1) is 5.92 Å². The smallest absolute Gasteiger partial charge is 0.293 e. The molecule has 3 aromatic heterocycles. The van der Waals surface area contributed by atoms with Crippen LogP contribution < -0.4 is 5.32 Å². The van der Waals surface area contributed by atoms with Crippen molar-refractivity contribution in [2.24, 2.45) is 5.92 Å². The van der Waals surface area contributed by atoms with E-state index in [1.54, 1.807) is 24.7 Å². The summed E-state index contributed by atoms with van der Waals surface area (Å²) in [6.45, 7) is 2.68. The summed E-state index contributed by atoms with van der Waals surface area (Å²) in [6, 6.07) is 7.23. The molecule has 0 unspecified atom stereocenters. The molecule has 0 spiro atoms. The fourth-order valence-electron chi connectivity index (χ4n) is 3.10. The Labute approximate surface area is 150 Å². The van der Waals surface area contributed by atoms with Crippen LogP contribution in [0.4, 0.5) is 0 Å². The van der Waals surface area contributed by atoms with E-state index in [0.29, 0.717) is 30.6 Å². The zero-order valence-electron chi connectivity index (χ0n) is 14.3. The molecule has 8 nitrogen and oxygen atoms in total. The molecule has 136 valence electrons. The largest absolute Gasteiger partial charge is 0.467 e. The summed E-state index contributed by atoms with van der Waals surface area (Å²) in [5.74, 6) is 2.45. The number of likely N-dealkylation sites (tertiary alicyclic amines) is 1. The first-order valence-electron chi connectivity index (χ1n) is 8.67. The average molecular weight is 356 g/mol. The molecule has 1 fully saturated rings. The fraction of sp³-hybridized carbons (Fsp3) is 0.389. The lowest BCUT2D eigenvalue weighted by atomic mass is 9.96. The van der Waals surface area contributed by atoms with Gasteiger partial charge in [0, 0.05) is 5.92 Å². The van der Waals surface area contributed by atoms with Crippen molar-refractivity contribution >= 4 is 5.91 Å². The molecule has 1 N–H and O–H groups in total. The highest BCUT2D eigenvalue weighted by Crippen LogP contribution is 2.21. The van der Waals surface area contributed by atoms with Gasteiger partial charge in [-0.1, -0.05) is 5.16 Å². The van der Waals surface area contributed by atoms with Gasteiger partial charge in [0.15, 0.2) is 11.6 Å². The van der Waals surface area contributed by atoms with Gasteiger partial charge in [0.05, 0.1) is 25.6 Å². The third kappa shape index (κ3) is 3.85. The Morgan fingerprint density at radius 2 is 2.00 bits per heavy atom. The van der Waals surface area contributed by atoms with E-state index >= 15 is 0 Å². The van der Waals surface area contributed by atoms with Crippen LogP contribution in [0.3, 0.4) is 0 Å². The van der Waals surface area contributed by atoms with Crippen molar-refractivity contribution in [2.45, 2.75) is 25.9 Å². The number of carbonyl (C=O) groups excluding carboxylic acids is 1.